The minimum absolute atomic E-state index is 0.533. The molecule has 5 nitrogen and oxygen atoms in total. The summed E-state index contributed by atoms with van der Waals surface area (Å²) in [5, 5.41) is 31.9. The molecule has 0 unspecified atom stereocenters. The Morgan fingerprint density at radius 2 is 1.65 bits per heavy atom. The smallest absolute Gasteiger partial charge is 0.157 e. The number of para-hydroxylation sites is 1. The summed E-state index contributed by atoms with van der Waals surface area (Å²) in [5.74, 6) is 0. The van der Waals surface area contributed by atoms with Gasteiger partial charge >= 0.3 is 0 Å². The Labute approximate surface area is 99.7 Å². The van der Waals surface area contributed by atoms with Gasteiger partial charge in [-0.1, -0.05) is 18.2 Å². The Hall–Kier alpha value is -1.14. The van der Waals surface area contributed by atoms with Crippen LogP contribution in [0.15, 0.2) is 30.3 Å². The molecule has 1 aliphatic heterocycles. The van der Waals surface area contributed by atoms with Gasteiger partial charge in [-0.3, -0.25) is 0 Å². The maximum atomic E-state index is 9.79. The highest BCUT2D eigenvalue weighted by Crippen LogP contribution is 2.22. The molecule has 4 N–H and O–H groups in total. The summed E-state index contributed by atoms with van der Waals surface area (Å²) in [6.45, 7) is 1.65. The van der Waals surface area contributed by atoms with E-state index < -0.39 is 30.6 Å². The number of rotatable bonds is 2. The first-order chi connectivity index (χ1) is 8.09. The van der Waals surface area contributed by atoms with Crippen molar-refractivity contribution in [2.45, 2.75) is 37.6 Å². The molecule has 1 aromatic carbocycles. The lowest BCUT2D eigenvalue weighted by atomic mass is 9.99. The first kappa shape index (κ1) is 12.3. The maximum absolute atomic E-state index is 9.79. The fourth-order valence-electron chi connectivity index (χ4n) is 1.87. The van der Waals surface area contributed by atoms with Gasteiger partial charge in [0.2, 0.25) is 0 Å². The van der Waals surface area contributed by atoms with Gasteiger partial charge in [0.05, 0.1) is 6.10 Å². The van der Waals surface area contributed by atoms with Gasteiger partial charge < -0.3 is 25.4 Å². The van der Waals surface area contributed by atoms with Gasteiger partial charge in [0.15, 0.2) is 6.23 Å². The van der Waals surface area contributed by atoms with Crippen molar-refractivity contribution in [2.75, 3.05) is 5.32 Å². The Morgan fingerprint density at radius 1 is 1.00 bits per heavy atom. The zero-order valence-corrected chi connectivity index (χ0v) is 9.52. The highest BCUT2D eigenvalue weighted by molar-refractivity contribution is 5.43. The van der Waals surface area contributed by atoms with E-state index in [9.17, 15) is 15.3 Å². The van der Waals surface area contributed by atoms with Crippen LogP contribution in [0.1, 0.15) is 6.92 Å². The SMILES string of the molecule is C[C@@H]1O[C@H](Nc2ccccc2)[C@H](O)[C@H](O)[C@H]1O. The molecule has 1 saturated heterocycles. The van der Waals surface area contributed by atoms with Crippen LogP contribution >= 0.6 is 0 Å². The summed E-state index contributed by atoms with van der Waals surface area (Å²) in [4.78, 5) is 0. The van der Waals surface area contributed by atoms with E-state index in [2.05, 4.69) is 5.32 Å². The molecule has 17 heavy (non-hydrogen) atoms. The number of hydrogen-bond donors (Lipinski definition) is 4. The van der Waals surface area contributed by atoms with Crippen LogP contribution in [0.25, 0.3) is 0 Å². The molecule has 0 amide bonds. The summed E-state index contributed by atoms with van der Waals surface area (Å²) in [6, 6.07) is 9.25. The van der Waals surface area contributed by atoms with Gasteiger partial charge in [0, 0.05) is 5.69 Å². The lowest BCUT2D eigenvalue weighted by Crippen LogP contribution is -2.58. The molecule has 0 aliphatic carbocycles. The number of ether oxygens (including phenoxy) is 1. The molecule has 1 fully saturated rings. The van der Waals surface area contributed by atoms with Crippen molar-refractivity contribution in [2.24, 2.45) is 0 Å². The van der Waals surface area contributed by atoms with Crippen molar-refractivity contribution < 1.29 is 20.1 Å². The molecule has 94 valence electrons. The van der Waals surface area contributed by atoms with Crippen LogP contribution in [0.2, 0.25) is 0 Å². The number of anilines is 1. The van der Waals surface area contributed by atoms with Crippen LogP contribution in [0.3, 0.4) is 0 Å². The van der Waals surface area contributed by atoms with Gasteiger partial charge in [-0.2, -0.15) is 0 Å². The second-order valence-electron chi connectivity index (χ2n) is 4.24. The molecule has 0 saturated carbocycles. The van der Waals surface area contributed by atoms with Crippen molar-refractivity contribution in [1.82, 2.24) is 0 Å². The van der Waals surface area contributed by atoms with Gasteiger partial charge in [0.1, 0.15) is 18.3 Å². The van der Waals surface area contributed by atoms with Crippen LogP contribution in [0, 0.1) is 0 Å². The summed E-state index contributed by atoms with van der Waals surface area (Å²) in [5.41, 5.74) is 0.785. The normalized spacial score (nSPS) is 37.8. The molecule has 1 aromatic rings. The van der Waals surface area contributed by atoms with Crippen molar-refractivity contribution in [1.29, 1.82) is 0 Å². The third kappa shape index (κ3) is 2.58. The molecular formula is C12H17NO4. The zero-order chi connectivity index (χ0) is 12.4. The fraction of sp³-hybridized carbons (Fsp3) is 0.500. The molecule has 0 aromatic heterocycles. The van der Waals surface area contributed by atoms with E-state index in [4.69, 9.17) is 4.74 Å². The number of hydrogen-bond acceptors (Lipinski definition) is 5. The maximum Gasteiger partial charge on any atom is 0.157 e. The third-order valence-corrected chi connectivity index (χ3v) is 2.93. The highest BCUT2D eigenvalue weighted by atomic mass is 16.5. The lowest BCUT2D eigenvalue weighted by Gasteiger charge is -2.39. The minimum Gasteiger partial charge on any atom is -0.388 e. The topological polar surface area (TPSA) is 82.0 Å². The van der Waals surface area contributed by atoms with Crippen molar-refractivity contribution in [3.63, 3.8) is 0 Å². The molecule has 0 bridgehead atoms. The molecule has 5 heteroatoms. The number of aliphatic hydroxyl groups excluding tert-OH is 3. The first-order valence-corrected chi connectivity index (χ1v) is 5.61. The van der Waals surface area contributed by atoms with E-state index in [-0.39, 0.29) is 0 Å². The van der Waals surface area contributed by atoms with Crippen molar-refractivity contribution in [3.05, 3.63) is 30.3 Å². The van der Waals surface area contributed by atoms with Crippen LogP contribution in [0.4, 0.5) is 5.69 Å². The van der Waals surface area contributed by atoms with E-state index in [1.807, 2.05) is 30.3 Å². The largest absolute Gasteiger partial charge is 0.388 e. The van der Waals surface area contributed by atoms with Gasteiger partial charge in [-0.25, -0.2) is 0 Å². The summed E-state index contributed by atoms with van der Waals surface area (Å²) >= 11 is 0. The second-order valence-corrected chi connectivity index (χ2v) is 4.24. The molecular weight excluding hydrogens is 222 g/mol. The van der Waals surface area contributed by atoms with Gasteiger partial charge in [-0.05, 0) is 19.1 Å². The van der Waals surface area contributed by atoms with Crippen molar-refractivity contribution in [3.8, 4) is 0 Å². The third-order valence-electron chi connectivity index (χ3n) is 2.93. The predicted octanol–water partition coefficient (Wildman–Crippen LogP) is -0.0740. The average molecular weight is 239 g/mol. The van der Waals surface area contributed by atoms with E-state index in [0.717, 1.165) is 5.69 Å². The van der Waals surface area contributed by atoms with E-state index in [1.54, 1.807) is 6.92 Å². The molecule has 2 rings (SSSR count). The highest BCUT2D eigenvalue weighted by Gasteiger charge is 2.41. The number of nitrogens with one attached hydrogen (secondary N) is 1. The van der Waals surface area contributed by atoms with E-state index >= 15 is 0 Å². The molecule has 0 spiro atoms. The second kappa shape index (κ2) is 5.01. The Morgan fingerprint density at radius 3 is 2.29 bits per heavy atom. The average Bonchev–Trinajstić information content (AvgIpc) is 2.35. The van der Waals surface area contributed by atoms with Crippen LogP contribution in [-0.4, -0.2) is 46.0 Å². The standard InChI is InChI=1S/C12H17NO4/c1-7-9(14)10(15)11(16)12(17-7)13-8-5-3-2-4-6-8/h2-7,9-16H,1H3/t7-,9-,10+,11+,12-/m0/s1. The lowest BCUT2D eigenvalue weighted by molar-refractivity contribution is -0.209. The van der Waals surface area contributed by atoms with E-state index in [0.29, 0.717) is 0 Å². The fourth-order valence-corrected chi connectivity index (χ4v) is 1.87. The minimum atomic E-state index is -1.21. The predicted molar refractivity (Wildman–Crippen MR) is 62.4 cm³/mol. The summed E-state index contributed by atoms with van der Waals surface area (Å²) in [7, 11) is 0. The summed E-state index contributed by atoms with van der Waals surface area (Å²) < 4.78 is 5.41. The number of aliphatic hydroxyl groups is 3. The first-order valence-electron chi connectivity index (χ1n) is 5.61. The van der Waals surface area contributed by atoms with Crippen molar-refractivity contribution >= 4 is 5.69 Å². The Balaban J connectivity index is 2.06. The van der Waals surface area contributed by atoms with E-state index in [1.165, 1.54) is 0 Å². The molecule has 1 aliphatic rings. The van der Waals surface area contributed by atoms with Gasteiger partial charge in [-0.15, -0.1) is 0 Å². The molecule has 1 heterocycles. The quantitative estimate of drug-likeness (QED) is 0.580. The Kier molecular flexibility index (Phi) is 3.63. The van der Waals surface area contributed by atoms with Crippen LogP contribution < -0.4 is 5.32 Å². The van der Waals surface area contributed by atoms with Gasteiger partial charge in [0.25, 0.3) is 0 Å². The van der Waals surface area contributed by atoms with Crippen LogP contribution in [-0.2, 0) is 4.74 Å². The summed E-state index contributed by atoms with van der Waals surface area (Å²) in [6.07, 6.45) is -4.71. The molecule has 0 radical (unpaired) electrons. The van der Waals surface area contributed by atoms with Crippen LogP contribution in [0.5, 0.6) is 0 Å². The Bertz CT molecular complexity index is 359. The number of benzene rings is 1. The monoisotopic (exact) mass is 239 g/mol. The molecule has 5 atom stereocenters. The zero-order valence-electron chi connectivity index (χ0n) is 9.52.